The molecule has 0 aliphatic carbocycles. The zero-order valence-corrected chi connectivity index (χ0v) is 12.7. The maximum atomic E-state index is 5.84. The van der Waals surface area contributed by atoms with Crippen LogP contribution in [0, 0.1) is 0 Å². The number of thiocarbonyl (C=S) groups is 1. The summed E-state index contributed by atoms with van der Waals surface area (Å²) in [5.74, 6) is 0. The molecule has 2 aromatic carbocycles. The van der Waals surface area contributed by atoms with Crippen LogP contribution in [0.5, 0.6) is 0 Å². The van der Waals surface area contributed by atoms with Gasteiger partial charge in [0.05, 0.1) is 4.20 Å². The molecule has 4 heteroatoms. The summed E-state index contributed by atoms with van der Waals surface area (Å²) in [5, 5.41) is 0.727. The number of rotatable bonds is 2. The van der Waals surface area contributed by atoms with Gasteiger partial charge in [-0.1, -0.05) is 63.6 Å². The average Bonchev–Trinajstić information content (AvgIpc) is 2.33. The quantitative estimate of drug-likeness (QED) is 0.516. The monoisotopic (exact) mass is 342 g/mol. The minimum Gasteiger partial charge on any atom is -0.0843 e. The van der Waals surface area contributed by atoms with E-state index in [9.17, 15) is 0 Å². The Morgan fingerprint density at radius 3 is 2.18 bits per heavy atom. The van der Waals surface area contributed by atoms with E-state index in [2.05, 4.69) is 15.9 Å². The summed E-state index contributed by atoms with van der Waals surface area (Å²) in [5.41, 5.74) is 1.03. The fraction of sp³-hybridized carbons (Fsp3) is 0. The van der Waals surface area contributed by atoms with Crippen LogP contribution in [0.4, 0.5) is 0 Å². The van der Waals surface area contributed by atoms with E-state index in [-0.39, 0.29) is 0 Å². The second-order valence-electron chi connectivity index (χ2n) is 3.35. The van der Waals surface area contributed by atoms with Crippen LogP contribution in [0.25, 0.3) is 0 Å². The fourth-order valence-electron chi connectivity index (χ4n) is 1.25. The Balaban J connectivity index is 2.11. The minimum atomic E-state index is 0.727. The Morgan fingerprint density at radius 1 is 1.00 bits per heavy atom. The SMILES string of the molecule is S=C(Sc1ccc(Br)cc1)c1ccc(Cl)cc1. The van der Waals surface area contributed by atoms with E-state index in [1.807, 2.05) is 48.5 Å². The van der Waals surface area contributed by atoms with Gasteiger partial charge in [0.1, 0.15) is 0 Å². The zero-order chi connectivity index (χ0) is 12.3. The van der Waals surface area contributed by atoms with Gasteiger partial charge in [-0.05, 0) is 42.0 Å². The van der Waals surface area contributed by atoms with Gasteiger partial charge in [0.25, 0.3) is 0 Å². The van der Waals surface area contributed by atoms with Crippen molar-refractivity contribution in [2.75, 3.05) is 0 Å². The van der Waals surface area contributed by atoms with Crippen molar-refractivity contribution < 1.29 is 0 Å². The third-order valence-corrected chi connectivity index (χ3v) is 4.30. The molecule has 0 radical (unpaired) electrons. The molecule has 2 aromatic rings. The molecule has 0 heterocycles. The molecule has 0 saturated heterocycles. The topological polar surface area (TPSA) is 0 Å². The third kappa shape index (κ3) is 3.81. The van der Waals surface area contributed by atoms with Crippen LogP contribution in [0.3, 0.4) is 0 Å². The average molecular weight is 344 g/mol. The number of benzene rings is 2. The summed E-state index contributed by atoms with van der Waals surface area (Å²) in [7, 11) is 0. The van der Waals surface area contributed by atoms with Crippen molar-refractivity contribution >= 4 is 55.7 Å². The van der Waals surface area contributed by atoms with Gasteiger partial charge in [0, 0.05) is 14.4 Å². The lowest BCUT2D eigenvalue weighted by Crippen LogP contribution is -1.90. The van der Waals surface area contributed by atoms with E-state index in [0.717, 1.165) is 24.2 Å². The molecule has 0 saturated carbocycles. The van der Waals surface area contributed by atoms with Crippen LogP contribution in [0.2, 0.25) is 5.02 Å². The van der Waals surface area contributed by atoms with Gasteiger partial charge in [-0.3, -0.25) is 0 Å². The molecular weight excluding hydrogens is 336 g/mol. The van der Waals surface area contributed by atoms with E-state index in [1.54, 1.807) is 11.8 Å². The van der Waals surface area contributed by atoms with Crippen LogP contribution in [0.15, 0.2) is 57.9 Å². The van der Waals surface area contributed by atoms with Gasteiger partial charge in [-0.15, -0.1) is 0 Å². The van der Waals surface area contributed by atoms with E-state index < -0.39 is 0 Å². The number of thioether (sulfide) groups is 1. The highest BCUT2D eigenvalue weighted by Crippen LogP contribution is 2.25. The molecule has 17 heavy (non-hydrogen) atoms. The Hall–Kier alpha value is -0.350. The van der Waals surface area contributed by atoms with Gasteiger partial charge in [-0.25, -0.2) is 0 Å². The first kappa shape index (κ1) is 13.1. The molecule has 0 aliphatic heterocycles. The largest absolute Gasteiger partial charge is 0.0843 e. The van der Waals surface area contributed by atoms with Crippen LogP contribution < -0.4 is 0 Å². The summed E-state index contributed by atoms with van der Waals surface area (Å²) in [6.07, 6.45) is 0. The van der Waals surface area contributed by atoms with Crippen LogP contribution >= 0.6 is 51.5 Å². The fourth-order valence-corrected chi connectivity index (χ4v) is 2.81. The van der Waals surface area contributed by atoms with Gasteiger partial charge >= 0.3 is 0 Å². The Kier molecular flexibility index (Phi) is 4.62. The van der Waals surface area contributed by atoms with E-state index in [4.69, 9.17) is 23.8 Å². The molecule has 0 bridgehead atoms. The molecule has 0 aromatic heterocycles. The smallest absolute Gasteiger partial charge is 0.0825 e. The maximum Gasteiger partial charge on any atom is 0.0825 e. The first-order valence-corrected chi connectivity index (χ1v) is 7.28. The van der Waals surface area contributed by atoms with Crippen LogP contribution in [-0.2, 0) is 0 Å². The Bertz CT molecular complexity index is 520. The van der Waals surface area contributed by atoms with Crippen molar-refractivity contribution in [1.29, 1.82) is 0 Å². The molecule has 0 unspecified atom stereocenters. The number of hydrogen-bond acceptors (Lipinski definition) is 2. The molecule has 0 atom stereocenters. The summed E-state index contributed by atoms with van der Waals surface area (Å²) >= 11 is 16.2. The summed E-state index contributed by atoms with van der Waals surface area (Å²) in [6.45, 7) is 0. The van der Waals surface area contributed by atoms with Gasteiger partial charge in [0.2, 0.25) is 0 Å². The van der Waals surface area contributed by atoms with Crippen molar-refractivity contribution in [2.45, 2.75) is 4.90 Å². The summed E-state index contributed by atoms with van der Waals surface area (Å²) < 4.78 is 1.92. The molecule has 0 aliphatic rings. The summed E-state index contributed by atoms with van der Waals surface area (Å²) in [4.78, 5) is 1.13. The minimum absolute atomic E-state index is 0.727. The lowest BCUT2D eigenvalue weighted by molar-refractivity contribution is 1.45. The van der Waals surface area contributed by atoms with Crippen LogP contribution in [-0.4, -0.2) is 4.20 Å². The highest BCUT2D eigenvalue weighted by Gasteiger charge is 2.03. The van der Waals surface area contributed by atoms with E-state index in [0.29, 0.717) is 0 Å². The maximum absolute atomic E-state index is 5.84. The molecule has 86 valence electrons. The predicted molar refractivity (Wildman–Crippen MR) is 83.2 cm³/mol. The molecule has 0 nitrogen and oxygen atoms in total. The zero-order valence-electron chi connectivity index (χ0n) is 8.69. The molecule has 0 amide bonds. The molecule has 0 N–H and O–H groups in total. The first-order valence-electron chi connectivity index (χ1n) is 4.88. The van der Waals surface area contributed by atoms with Crippen molar-refractivity contribution in [3.8, 4) is 0 Å². The highest BCUT2D eigenvalue weighted by molar-refractivity contribution is 9.10. The van der Waals surface area contributed by atoms with Crippen molar-refractivity contribution in [2.24, 2.45) is 0 Å². The lowest BCUT2D eigenvalue weighted by Gasteiger charge is -2.04. The van der Waals surface area contributed by atoms with E-state index >= 15 is 0 Å². The van der Waals surface area contributed by atoms with Crippen molar-refractivity contribution in [3.05, 3.63) is 63.6 Å². The molecule has 0 spiro atoms. The van der Waals surface area contributed by atoms with Gasteiger partial charge in [0.15, 0.2) is 0 Å². The standard InChI is InChI=1S/C13H8BrClS2/c14-10-3-7-12(8-4-10)17-13(16)9-1-5-11(15)6-2-9/h1-8H. The predicted octanol–water partition coefficient (Wildman–Crippen LogP) is 5.57. The van der Waals surface area contributed by atoms with Gasteiger partial charge in [-0.2, -0.15) is 0 Å². The van der Waals surface area contributed by atoms with Crippen LogP contribution in [0.1, 0.15) is 5.56 Å². The molecule has 2 rings (SSSR count). The van der Waals surface area contributed by atoms with Gasteiger partial charge < -0.3 is 0 Å². The third-order valence-electron chi connectivity index (χ3n) is 2.10. The van der Waals surface area contributed by atoms with Crippen molar-refractivity contribution in [3.63, 3.8) is 0 Å². The molecule has 0 fully saturated rings. The molecular formula is C13H8BrClS2. The highest BCUT2D eigenvalue weighted by atomic mass is 79.9. The Morgan fingerprint density at radius 2 is 1.59 bits per heavy atom. The summed E-state index contributed by atoms with van der Waals surface area (Å²) in [6, 6.07) is 15.7. The number of halogens is 2. The second-order valence-corrected chi connectivity index (χ2v) is 6.45. The lowest BCUT2D eigenvalue weighted by atomic mass is 10.2. The normalized spacial score (nSPS) is 10.2. The van der Waals surface area contributed by atoms with Crippen molar-refractivity contribution in [1.82, 2.24) is 0 Å². The first-order chi connectivity index (χ1) is 8.15. The second kappa shape index (κ2) is 6.01. The van der Waals surface area contributed by atoms with E-state index in [1.165, 1.54) is 0 Å². The number of hydrogen-bond donors (Lipinski definition) is 0. The Labute approximate surface area is 124 Å².